The normalized spacial score (nSPS) is 12.8. The fourth-order valence-corrected chi connectivity index (χ4v) is 3.06. The Kier molecular flexibility index (Phi) is 9.45. The SMILES string of the molecule is CCCCCCCCCC(CC(C)C)c1ccccc1. The maximum Gasteiger partial charge on any atom is -0.0160 e. The molecule has 1 unspecified atom stereocenters. The Hall–Kier alpha value is -0.780. The van der Waals surface area contributed by atoms with Crippen LogP contribution in [-0.4, -0.2) is 0 Å². The number of hydrogen-bond acceptors (Lipinski definition) is 0. The molecule has 0 aliphatic rings. The molecule has 0 heterocycles. The Bertz CT molecular complexity index is 312. The molecule has 20 heavy (non-hydrogen) atoms. The van der Waals surface area contributed by atoms with Crippen LogP contribution in [0.2, 0.25) is 0 Å². The fraction of sp³-hybridized carbons (Fsp3) is 0.700. The second kappa shape index (κ2) is 10.9. The highest BCUT2D eigenvalue weighted by molar-refractivity contribution is 5.19. The number of rotatable bonds is 11. The standard InChI is InChI=1S/C20H34/c1-4-5-6-7-8-9-11-16-20(17-18(2)3)19-14-12-10-13-15-19/h10,12-15,18,20H,4-9,11,16-17H2,1-3H3. The van der Waals surface area contributed by atoms with E-state index in [0.29, 0.717) is 0 Å². The van der Waals surface area contributed by atoms with Gasteiger partial charge in [0.1, 0.15) is 0 Å². The molecular formula is C20H34. The van der Waals surface area contributed by atoms with E-state index in [4.69, 9.17) is 0 Å². The molecule has 0 aromatic heterocycles. The number of unbranched alkanes of at least 4 members (excludes halogenated alkanes) is 6. The Labute approximate surface area is 127 Å². The average Bonchev–Trinajstić information content (AvgIpc) is 2.45. The van der Waals surface area contributed by atoms with Gasteiger partial charge in [-0.2, -0.15) is 0 Å². The smallest absolute Gasteiger partial charge is 0.0160 e. The maximum atomic E-state index is 2.35. The Morgan fingerprint density at radius 3 is 2.00 bits per heavy atom. The van der Waals surface area contributed by atoms with Crippen molar-refractivity contribution in [1.29, 1.82) is 0 Å². The first kappa shape index (κ1) is 17.3. The van der Waals surface area contributed by atoms with Crippen molar-refractivity contribution in [2.75, 3.05) is 0 Å². The van der Waals surface area contributed by atoms with Gasteiger partial charge in [-0.15, -0.1) is 0 Å². The van der Waals surface area contributed by atoms with E-state index in [1.807, 2.05) is 0 Å². The van der Waals surface area contributed by atoms with E-state index >= 15 is 0 Å². The van der Waals surface area contributed by atoms with Crippen LogP contribution in [0.25, 0.3) is 0 Å². The van der Waals surface area contributed by atoms with E-state index < -0.39 is 0 Å². The van der Waals surface area contributed by atoms with Gasteiger partial charge in [0.25, 0.3) is 0 Å². The lowest BCUT2D eigenvalue weighted by atomic mass is 9.86. The van der Waals surface area contributed by atoms with Crippen LogP contribution in [-0.2, 0) is 0 Å². The van der Waals surface area contributed by atoms with E-state index in [1.54, 1.807) is 5.56 Å². The minimum absolute atomic E-state index is 0.770. The molecule has 0 amide bonds. The number of benzene rings is 1. The average molecular weight is 274 g/mol. The van der Waals surface area contributed by atoms with Crippen molar-refractivity contribution >= 4 is 0 Å². The summed E-state index contributed by atoms with van der Waals surface area (Å²) in [7, 11) is 0. The lowest BCUT2D eigenvalue weighted by molar-refractivity contribution is 0.453. The summed E-state index contributed by atoms with van der Waals surface area (Å²) in [5.74, 6) is 1.57. The first-order valence-electron chi connectivity index (χ1n) is 8.79. The largest absolute Gasteiger partial charge is 0.0654 e. The van der Waals surface area contributed by atoms with Gasteiger partial charge in [0.2, 0.25) is 0 Å². The second-order valence-electron chi connectivity index (χ2n) is 6.65. The quantitative estimate of drug-likeness (QED) is 0.383. The predicted octanol–water partition coefficient (Wildman–Crippen LogP) is 6.96. The summed E-state index contributed by atoms with van der Waals surface area (Å²) in [4.78, 5) is 0. The van der Waals surface area contributed by atoms with E-state index in [2.05, 4.69) is 51.1 Å². The van der Waals surface area contributed by atoms with Gasteiger partial charge in [0.05, 0.1) is 0 Å². The molecule has 1 aromatic rings. The van der Waals surface area contributed by atoms with Gasteiger partial charge in [0.15, 0.2) is 0 Å². The van der Waals surface area contributed by atoms with Gasteiger partial charge < -0.3 is 0 Å². The second-order valence-corrected chi connectivity index (χ2v) is 6.65. The Morgan fingerprint density at radius 2 is 1.40 bits per heavy atom. The minimum atomic E-state index is 0.770. The molecule has 0 heteroatoms. The minimum Gasteiger partial charge on any atom is -0.0654 e. The summed E-state index contributed by atoms with van der Waals surface area (Å²) in [5.41, 5.74) is 1.55. The van der Waals surface area contributed by atoms with E-state index in [0.717, 1.165) is 11.8 Å². The zero-order valence-corrected chi connectivity index (χ0v) is 13.9. The lowest BCUT2D eigenvalue weighted by Gasteiger charge is -2.19. The molecule has 114 valence electrons. The molecule has 0 nitrogen and oxygen atoms in total. The van der Waals surface area contributed by atoms with E-state index in [-0.39, 0.29) is 0 Å². The summed E-state index contributed by atoms with van der Waals surface area (Å²) in [5, 5.41) is 0. The van der Waals surface area contributed by atoms with Crippen LogP contribution in [0.4, 0.5) is 0 Å². The highest BCUT2D eigenvalue weighted by atomic mass is 14.2. The van der Waals surface area contributed by atoms with Gasteiger partial charge in [-0.1, -0.05) is 96.0 Å². The predicted molar refractivity (Wildman–Crippen MR) is 91.2 cm³/mol. The van der Waals surface area contributed by atoms with Crippen molar-refractivity contribution in [3.8, 4) is 0 Å². The number of hydrogen-bond donors (Lipinski definition) is 0. The molecule has 1 rings (SSSR count). The Balaban J connectivity index is 2.28. The molecule has 0 bridgehead atoms. The van der Waals surface area contributed by atoms with Gasteiger partial charge in [-0.3, -0.25) is 0 Å². The van der Waals surface area contributed by atoms with Gasteiger partial charge in [0, 0.05) is 0 Å². The molecule has 0 radical (unpaired) electrons. The topological polar surface area (TPSA) is 0 Å². The summed E-state index contributed by atoms with van der Waals surface area (Å²) >= 11 is 0. The molecule has 0 spiro atoms. The maximum absolute atomic E-state index is 2.35. The molecule has 0 saturated carbocycles. The molecule has 0 aliphatic carbocycles. The third kappa shape index (κ3) is 7.72. The van der Waals surface area contributed by atoms with Gasteiger partial charge in [-0.25, -0.2) is 0 Å². The zero-order valence-electron chi connectivity index (χ0n) is 13.9. The van der Waals surface area contributed by atoms with Crippen molar-refractivity contribution in [3.05, 3.63) is 35.9 Å². The van der Waals surface area contributed by atoms with Crippen LogP contribution in [0.1, 0.15) is 90.0 Å². The Morgan fingerprint density at radius 1 is 0.800 bits per heavy atom. The van der Waals surface area contributed by atoms with E-state index in [9.17, 15) is 0 Å². The van der Waals surface area contributed by atoms with Crippen molar-refractivity contribution in [1.82, 2.24) is 0 Å². The van der Waals surface area contributed by atoms with Crippen molar-refractivity contribution in [2.45, 2.75) is 84.5 Å². The first-order chi connectivity index (χ1) is 9.74. The molecule has 0 aliphatic heterocycles. The fourth-order valence-electron chi connectivity index (χ4n) is 3.06. The van der Waals surface area contributed by atoms with Crippen LogP contribution in [0.5, 0.6) is 0 Å². The zero-order chi connectivity index (χ0) is 14.6. The van der Waals surface area contributed by atoms with Gasteiger partial charge >= 0.3 is 0 Å². The molecule has 0 N–H and O–H groups in total. The molecule has 1 aromatic carbocycles. The van der Waals surface area contributed by atoms with Crippen LogP contribution in [0, 0.1) is 5.92 Å². The highest BCUT2D eigenvalue weighted by Gasteiger charge is 2.12. The summed E-state index contributed by atoms with van der Waals surface area (Å²) in [6.45, 7) is 6.98. The van der Waals surface area contributed by atoms with Crippen LogP contribution in [0.15, 0.2) is 30.3 Å². The summed E-state index contributed by atoms with van der Waals surface area (Å²) in [6, 6.07) is 11.1. The highest BCUT2D eigenvalue weighted by Crippen LogP contribution is 2.29. The third-order valence-electron chi connectivity index (χ3n) is 4.18. The van der Waals surface area contributed by atoms with Crippen LogP contribution >= 0.6 is 0 Å². The van der Waals surface area contributed by atoms with Gasteiger partial charge in [-0.05, 0) is 30.2 Å². The first-order valence-corrected chi connectivity index (χ1v) is 8.79. The monoisotopic (exact) mass is 274 g/mol. The lowest BCUT2D eigenvalue weighted by Crippen LogP contribution is -2.03. The van der Waals surface area contributed by atoms with E-state index in [1.165, 1.54) is 57.8 Å². The van der Waals surface area contributed by atoms with Crippen molar-refractivity contribution in [2.24, 2.45) is 5.92 Å². The van der Waals surface area contributed by atoms with Crippen molar-refractivity contribution in [3.63, 3.8) is 0 Å². The molecule has 0 saturated heterocycles. The third-order valence-corrected chi connectivity index (χ3v) is 4.18. The molecule has 1 atom stereocenters. The summed E-state index contributed by atoms with van der Waals surface area (Å²) < 4.78 is 0. The summed E-state index contributed by atoms with van der Waals surface area (Å²) in [6.07, 6.45) is 12.6. The van der Waals surface area contributed by atoms with Crippen molar-refractivity contribution < 1.29 is 0 Å². The molecular weight excluding hydrogens is 240 g/mol. The van der Waals surface area contributed by atoms with Crippen LogP contribution in [0.3, 0.4) is 0 Å². The van der Waals surface area contributed by atoms with Crippen LogP contribution < -0.4 is 0 Å². The molecule has 0 fully saturated rings.